The Hall–Kier alpha value is -2.82. The Morgan fingerprint density at radius 2 is 1.82 bits per heavy atom. The zero-order valence-corrected chi connectivity index (χ0v) is 19.3. The van der Waals surface area contributed by atoms with Gasteiger partial charge in [0.15, 0.2) is 6.04 Å². The first-order valence-electron chi connectivity index (χ1n) is 11.9. The molecular formula is C24H35N4O6+. The highest BCUT2D eigenvalue weighted by Gasteiger charge is 2.59. The van der Waals surface area contributed by atoms with E-state index in [1.165, 1.54) is 0 Å². The highest BCUT2D eigenvalue weighted by Crippen LogP contribution is 2.36. The SMILES string of the molecule is NC(=O)[C@@H]1CCC[N+]1(C(=O)NC[C@@H](O)c1ccccc1)C(=O)C(CC1CCCC1)CN(O)C=O. The summed E-state index contributed by atoms with van der Waals surface area (Å²) in [5.41, 5.74) is 6.24. The number of amides is 5. The maximum atomic E-state index is 14.0. The number of urea groups is 1. The smallest absolute Gasteiger partial charge is 0.387 e. The Morgan fingerprint density at radius 3 is 2.44 bits per heavy atom. The quantitative estimate of drug-likeness (QED) is 0.174. The van der Waals surface area contributed by atoms with E-state index >= 15 is 0 Å². The summed E-state index contributed by atoms with van der Waals surface area (Å²) < 4.78 is -0.805. The summed E-state index contributed by atoms with van der Waals surface area (Å²) in [6.07, 6.45) is 4.33. The molecule has 10 heteroatoms. The van der Waals surface area contributed by atoms with Crippen LogP contribution in [0.5, 0.6) is 0 Å². The number of hydrogen-bond donors (Lipinski definition) is 4. The van der Waals surface area contributed by atoms with E-state index in [2.05, 4.69) is 5.32 Å². The molecule has 1 aliphatic carbocycles. The van der Waals surface area contributed by atoms with Crippen LogP contribution in [0.1, 0.15) is 56.6 Å². The predicted molar refractivity (Wildman–Crippen MR) is 122 cm³/mol. The lowest BCUT2D eigenvalue weighted by molar-refractivity contribution is -0.779. The third-order valence-electron chi connectivity index (χ3n) is 7.21. The van der Waals surface area contributed by atoms with Gasteiger partial charge in [-0.2, -0.15) is 4.48 Å². The molecule has 4 atom stereocenters. The summed E-state index contributed by atoms with van der Waals surface area (Å²) in [5.74, 6) is -1.86. The van der Waals surface area contributed by atoms with E-state index in [1.54, 1.807) is 24.3 Å². The van der Waals surface area contributed by atoms with Crippen molar-refractivity contribution in [1.29, 1.82) is 0 Å². The summed E-state index contributed by atoms with van der Waals surface area (Å²) in [4.78, 5) is 50.9. The van der Waals surface area contributed by atoms with Crippen LogP contribution in [0.3, 0.4) is 0 Å². The molecule has 1 saturated heterocycles. The first kappa shape index (κ1) is 25.8. The minimum absolute atomic E-state index is 0.0907. The van der Waals surface area contributed by atoms with Gasteiger partial charge in [-0.3, -0.25) is 14.8 Å². The fourth-order valence-electron chi connectivity index (χ4n) is 5.49. The number of likely N-dealkylation sites (tertiary alicyclic amines) is 1. The lowest BCUT2D eigenvalue weighted by atomic mass is 9.90. The van der Waals surface area contributed by atoms with Crippen LogP contribution in [0.4, 0.5) is 4.79 Å². The molecule has 5 amide bonds. The maximum Gasteiger partial charge on any atom is 0.424 e. The lowest BCUT2D eigenvalue weighted by Gasteiger charge is -2.36. The van der Waals surface area contributed by atoms with Crippen LogP contribution in [0.2, 0.25) is 0 Å². The largest absolute Gasteiger partial charge is 0.424 e. The van der Waals surface area contributed by atoms with E-state index < -0.39 is 40.4 Å². The fourth-order valence-corrected chi connectivity index (χ4v) is 5.49. The molecule has 1 aliphatic heterocycles. The van der Waals surface area contributed by atoms with Crippen molar-refractivity contribution in [3.05, 3.63) is 35.9 Å². The Bertz CT molecular complexity index is 875. The van der Waals surface area contributed by atoms with Crippen molar-refractivity contribution in [2.75, 3.05) is 19.6 Å². The highest BCUT2D eigenvalue weighted by atomic mass is 16.5. The van der Waals surface area contributed by atoms with Crippen molar-refractivity contribution in [2.45, 2.75) is 57.1 Å². The molecule has 34 heavy (non-hydrogen) atoms. The van der Waals surface area contributed by atoms with Crippen LogP contribution >= 0.6 is 0 Å². The Kier molecular flexibility index (Phi) is 8.76. The number of carbonyl (C=O) groups excluding carboxylic acids is 4. The number of benzene rings is 1. The van der Waals surface area contributed by atoms with E-state index in [1.807, 2.05) is 6.07 Å². The summed E-state index contributed by atoms with van der Waals surface area (Å²) in [6, 6.07) is 7.04. The van der Waals surface area contributed by atoms with Gasteiger partial charge < -0.3 is 16.2 Å². The third kappa shape index (κ3) is 5.63. The van der Waals surface area contributed by atoms with Gasteiger partial charge in [-0.15, -0.1) is 0 Å². The Labute approximate surface area is 199 Å². The molecule has 0 bridgehead atoms. The van der Waals surface area contributed by atoms with Crippen molar-refractivity contribution < 1.29 is 34.0 Å². The van der Waals surface area contributed by atoms with Gasteiger partial charge in [0.2, 0.25) is 6.41 Å². The monoisotopic (exact) mass is 475 g/mol. The van der Waals surface area contributed by atoms with Gasteiger partial charge in [0, 0.05) is 12.8 Å². The summed E-state index contributed by atoms with van der Waals surface area (Å²) in [7, 11) is 0. The molecule has 2 fully saturated rings. The molecule has 1 aromatic rings. The number of quaternary nitrogens is 1. The normalized spacial score (nSPS) is 24.4. The van der Waals surface area contributed by atoms with Crippen molar-refractivity contribution >= 4 is 24.3 Å². The number of primary amides is 1. The number of rotatable bonds is 10. The van der Waals surface area contributed by atoms with Gasteiger partial charge in [0.25, 0.3) is 5.91 Å². The first-order chi connectivity index (χ1) is 16.3. The fraction of sp³-hybridized carbons (Fsp3) is 0.583. The van der Waals surface area contributed by atoms with Crippen molar-refractivity contribution in [1.82, 2.24) is 10.4 Å². The van der Waals surface area contributed by atoms with E-state index in [9.17, 15) is 29.5 Å². The van der Waals surface area contributed by atoms with E-state index in [4.69, 9.17) is 5.73 Å². The second-order valence-corrected chi connectivity index (χ2v) is 9.41. The van der Waals surface area contributed by atoms with E-state index in [0.717, 1.165) is 25.7 Å². The molecular weight excluding hydrogens is 440 g/mol. The van der Waals surface area contributed by atoms with Crippen molar-refractivity contribution in [3.63, 3.8) is 0 Å². The van der Waals surface area contributed by atoms with Crippen LogP contribution in [0.15, 0.2) is 30.3 Å². The molecule has 1 saturated carbocycles. The predicted octanol–water partition coefficient (Wildman–Crippen LogP) is 1.46. The Balaban J connectivity index is 1.86. The van der Waals surface area contributed by atoms with Crippen LogP contribution in [0.25, 0.3) is 0 Å². The van der Waals surface area contributed by atoms with Crippen LogP contribution in [-0.2, 0) is 14.4 Å². The van der Waals surface area contributed by atoms with Crippen LogP contribution < -0.4 is 11.1 Å². The molecule has 0 spiro atoms. The zero-order valence-electron chi connectivity index (χ0n) is 19.3. The van der Waals surface area contributed by atoms with Crippen molar-refractivity contribution in [3.8, 4) is 0 Å². The molecule has 2 unspecified atom stereocenters. The number of carbonyl (C=O) groups is 4. The molecule has 3 rings (SSSR count). The molecule has 1 heterocycles. The van der Waals surface area contributed by atoms with Gasteiger partial charge in [-0.1, -0.05) is 56.0 Å². The zero-order chi connectivity index (χ0) is 24.7. The molecule has 2 aliphatic rings. The highest BCUT2D eigenvalue weighted by molar-refractivity contribution is 5.91. The molecule has 5 N–H and O–H groups in total. The van der Waals surface area contributed by atoms with Crippen LogP contribution in [0, 0.1) is 11.8 Å². The summed E-state index contributed by atoms with van der Waals surface area (Å²) in [6.45, 7) is -0.313. The van der Waals surface area contributed by atoms with Gasteiger partial charge in [-0.25, -0.2) is 14.7 Å². The number of imide groups is 1. The van der Waals surface area contributed by atoms with Gasteiger partial charge in [-0.05, 0) is 17.9 Å². The summed E-state index contributed by atoms with van der Waals surface area (Å²) in [5, 5.41) is 23.4. The third-order valence-corrected chi connectivity index (χ3v) is 7.21. The molecule has 10 nitrogen and oxygen atoms in total. The van der Waals surface area contributed by atoms with Gasteiger partial charge >= 0.3 is 11.9 Å². The second-order valence-electron chi connectivity index (χ2n) is 9.41. The lowest BCUT2D eigenvalue weighted by Crippen LogP contribution is -2.68. The Morgan fingerprint density at radius 1 is 1.15 bits per heavy atom. The number of aliphatic hydroxyl groups excluding tert-OH is 1. The van der Waals surface area contributed by atoms with Crippen molar-refractivity contribution in [2.24, 2.45) is 17.6 Å². The number of hydrogen-bond acceptors (Lipinski definition) is 6. The number of nitrogens with two attached hydrogens (primary N) is 1. The van der Waals surface area contributed by atoms with Gasteiger partial charge in [0.1, 0.15) is 0 Å². The van der Waals surface area contributed by atoms with Crippen LogP contribution in [-0.4, -0.2) is 69.8 Å². The maximum absolute atomic E-state index is 14.0. The molecule has 0 aromatic heterocycles. The number of hydroxylamine groups is 2. The molecule has 186 valence electrons. The minimum Gasteiger partial charge on any atom is -0.387 e. The molecule has 1 aromatic carbocycles. The first-order valence-corrected chi connectivity index (χ1v) is 11.9. The number of nitrogens with one attached hydrogen (secondary N) is 1. The standard InChI is InChI=1S/C24H34N4O6/c25-22(31)20-11-6-12-28(20,24(33)26-14-21(30)18-9-2-1-3-10-18)23(32)19(15-27(34)16-29)13-17-7-4-5-8-17/h1-3,9-10,16-17,19-21,30,34H,4-8,11-15H2,(H2-,25,26,31,33)/p+1/t19?,20-,21+,28?/m0/s1. The summed E-state index contributed by atoms with van der Waals surface area (Å²) >= 11 is 0. The second kappa shape index (κ2) is 11.5. The topological polar surface area (TPSA) is 150 Å². The van der Waals surface area contributed by atoms with E-state index in [-0.39, 0.29) is 38.4 Å². The van der Waals surface area contributed by atoms with Gasteiger partial charge in [0.05, 0.1) is 31.7 Å². The number of aliphatic hydroxyl groups is 1. The van der Waals surface area contributed by atoms with E-state index in [0.29, 0.717) is 23.5 Å². The average Bonchev–Trinajstić information content (AvgIpc) is 3.52. The minimum atomic E-state index is -1.05. The molecule has 0 radical (unpaired) electrons. The average molecular weight is 476 g/mol. The number of nitrogens with zero attached hydrogens (tertiary/aromatic N) is 2.